The van der Waals surface area contributed by atoms with Crippen molar-refractivity contribution in [1.82, 2.24) is 20.8 Å². The van der Waals surface area contributed by atoms with E-state index in [1.165, 1.54) is 6.92 Å². The molecule has 3 amide bonds. The number of rotatable bonds is 11. The van der Waals surface area contributed by atoms with Crippen LogP contribution in [0, 0.1) is 0 Å². The average Bonchev–Trinajstić information content (AvgIpc) is 3.06. The Hall–Kier alpha value is -2.77. The van der Waals surface area contributed by atoms with E-state index >= 15 is 0 Å². The van der Waals surface area contributed by atoms with Gasteiger partial charge in [0.25, 0.3) is 0 Å². The monoisotopic (exact) mass is 387 g/mol. The fourth-order valence-electron chi connectivity index (χ4n) is 2.12. The normalized spacial score (nSPS) is 15.4. The SMILES string of the molecule is CC(O)[C@H](NC(=O)N[C@@H](CCC(N)=O)c1nc([C@@H](N)CCN)no1)C(=O)O. The van der Waals surface area contributed by atoms with Gasteiger partial charge in [-0.05, 0) is 26.3 Å². The number of aliphatic hydroxyl groups is 1. The number of nitrogens with one attached hydrogen (secondary N) is 2. The number of urea groups is 1. The fraction of sp³-hybridized carbons (Fsp3) is 0.643. The van der Waals surface area contributed by atoms with Crippen molar-refractivity contribution in [3.05, 3.63) is 11.7 Å². The van der Waals surface area contributed by atoms with Crippen LogP contribution in [0.5, 0.6) is 0 Å². The summed E-state index contributed by atoms with van der Waals surface area (Å²) in [6, 6.07) is -3.93. The number of amides is 3. The Balaban J connectivity index is 2.89. The maximum Gasteiger partial charge on any atom is 0.328 e. The number of carbonyl (C=O) groups excluding carboxylic acids is 2. The van der Waals surface area contributed by atoms with Gasteiger partial charge < -0.3 is 42.6 Å². The van der Waals surface area contributed by atoms with Crippen LogP contribution in [0.2, 0.25) is 0 Å². The summed E-state index contributed by atoms with van der Waals surface area (Å²) in [6.07, 6.45) is -0.992. The topological polar surface area (TPSA) is 233 Å². The minimum absolute atomic E-state index is 0.0298. The van der Waals surface area contributed by atoms with Crippen molar-refractivity contribution in [3.63, 3.8) is 0 Å². The van der Waals surface area contributed by atoms with E-state index < -0.39 is 42.1 Å². The number of primary amides is 1. The summed E-state index contributed by atoms with van der Waals surface area (Å²) in [5, 5.41) is 26.7. The predicted molar refractivity (Wildman–Crippen MR) is 90.8 cm³/mol. The second-order valence-corrected chi connectivity index (χ2v) is 5.91. The van der Waals surface area contributed by atoms with Crippen molar-refractivity contribution in [2.24, 2.45) is 17.2 Å². The van der Waals surface area contributed by atoms with E-state index in [9.17, 15) is 19.5 Å². The predicted octanol–water partition coefficient (Wildman–Crippen LogP) is -2.14. The van der Waals surface area contributed by atoms with Crippen LogP contribution in [0.25, 0.3) is 0 Å². The standard InChI is InChI=1S/C14H25N7O6/c1-6(22)10(13(24)25)19-14(26)18-8(2-3-9(17)23)12-20-11(21-27-12)7(16)4-5-15/h6-8,10,22H,2-5,15-16H2,1H3,(H2,17,23)(H,24,25)(H2,18,19,26)/t6?,7-,8-,10-/m0/s1. The molecule has 1 aromatic rings. The summed E-state index contributed by atoms with van der Waals surface area (Å²) in [7, 11) is 0. The lowest BCUT2D eigenvalue weighted by atomic mass is 10.1. The first-order valence-corrected chi connectivity index (χ1v) is 8.21. The molecule has 0 aliphatic rings. The smallest absolute Gasteiger partial charge is 0.328 e. The van der Waals surface area contributed by atoms with Gasteiger partial charge in [0.2, 0.25) is 11.8 Å². The maximum absolute atomic E-state index is 12.1. The molecule has 0 radical (unpaired) electrons. The summed E-state index contributed by atoms with van der Waals surface area (Å²) in [5.74, 6) is -1.89. The molecule has 13 nitrogen and oxygen atoms in total. The van der Waals surface area contributed by atoms with Crippen molar-refractivity contribution in [2.45, 2.75) is 50.4 Å². The molecule has 0 aliphatic carbocycles. The molecule has 0 saturated carbocycles. The van der Waals surface area contributed by atoms with Crippen LogP contribution in [0.15, 0.2) is 4.52 Å². The second kappa shape index (κ2) is 10.4. The second-order valence-electron chi connectivity index (χ2n) is 5.91. The Labute approximate surface area is 154 Å². The van der Waals surface area contributed by atoms with Crippen LogP contribution in [-0.4, -0.2) is 57.0 Å². The van der Waals surface area contributed by atoms with Crippen LogP contribution in [0.3, 0.4) is 0 Å². The molecule has 27 heavy (non-hydrogen) atoms. The number of aliphatic carboxylic acids is 1. The van der Waals surface area contributed by atoms with Crippen LogP contribution in [0.4, 0.5) is 4.79 Å². The molecule has 0 fully saturated rings. The van der Waals surface area contributed by atoms with Gasteiger partial charge in [0.05, 0.1) is 12.1 Å². The number of hydrogen-bond donors (Lipinski definition) is 7. The molecule has 0 aromatic carbocycles. The highest BCUT2D eigenvalue weighted by Gasteiger charge is 2.28. The number of hydrogen-bond acceptors (Lipinski definition) is 9. The number of carbonyl (C=O) groups is 3. The molecule has 1 rings (SSSR count). The summed E-state index contributed by atoms with van der Waals surface area (Å²) in [6.45, 7) is 1.53. The fourth-order valence-corrected chi connectivity index (χ4v) is 2.12. The molecule has 152 valence electrons. The Morgan fingerprint density at radius 2 is 1.93 bits per heavy atom. The van der Waals surface area contributed by atoms with Gasteiger partial charge in [-0.1, -0.05) is 5.16 Å². The van der Waals surface area contributed by atoms with Gasteiger partial charge in [-0.3, -0.25) is 4.79 Å². The lowest BCUT2D eigenvalue weighted by Crippen LogP contribution is -2.51. The summed E-state index contributed by atoms with van der Waals surface area (Å²) in [4.78, 5) is 38.3. The highest BCUT2D eigenvalue weighted by molar-refractivity contribution is 5.83. The number of nitrogens with zero attached hydrogens (tertiary/aromatic N) is 2. The quantitative estimate of drug-likeness (QED) is 0.217. The van der Waals surface area contributed by atoms with Crippen LogP contribution >= 0.6 is 0 Å². The van der Waals surface area contributed by atoms with E-state index in [-0.39, 0.29) is 24.6 Å². The Bertz CT molecular complexity index is 650. The maximum atomic E-state index is 12.1. The number of aromatic nitrogens is 2. The number of carboxylic acids is 1. The van der Waals surface area contributed by atoms with Gasteiger partial charge in [-0.25, -0.2) is 9.59 Å². The van der Waals surface area contributed by atoms with Crippen LogP contribution in [-0.2, 0) is 9.59 Å². The van der Waals surface area contributed by atoms with E-state index in [0.29, 0.717) is 13.0 Å². The molecule has 0 spiro atoms. The molecule has 0 aliphatic heterocycles. The van der Waals surface area contributed by atoms with Crippen LogP contribution in [0.1, 0.15) is 50.0 Å². The van der Waals surface area contributed by atoms with Gasteiger partial charge in [-0.15, -0.1) is 0 Å². The summed E-state index contributed by atoms with van der Waals surface area (Å²) in [5.41, 5.74) is 16.4. The Morgan fingerprint density at radius 1 is 1.26 bits per heavy atom. The molecular formula is C14H25N7O6. The van der Waals surface area contributed by atoms with E-state index in [1.54, 1.807) is 0 Å². The zero-order valence-electron chi connectivity index (χ0n) is 14.8. The van der Waals surface area contributed by atoms with E-state index in [1.807, 2.05) is 0 Å². The largest absolute Gasteiger partial charge is 0.480 e. The Kier molecular flexibility index (Phi) is 8.58. The Morgan fingerprint density at radius 3 is 2.44 bits per heavy atom. The van der Waals surface area contributed by atoms with E-state index in [0.717, 1.165) is 0 Å². The minimum atomic E-state index is -1.53. The third kappa shape index (κ3) is 7.16. The minimum Gasteiger partial charge on any atom is -0.480 e. The zero-order valence-corrected chi connectivity index (χ0v) is 14.8. The third-order valence-corrected chi connectivity index (χ3v) is 3.58. The van der Waals surface area contributed by atoms with Crippen LogP contribution < -0.4 is 27.8 Å². The summed E-state index contributed by atoms with van der Waals surface area (Å²) < 4.78 is 5.09. The van der Waals surface area contributed by atoms with Crippen molar-refractivity contribution in [1.29, 1.82) is 0 Å². The first-order chi connectivity index (χ1) is 12.6. The van der Waals surface area contributed by atoms with Crippen molar-refractivity contribution < 1.29 is 29.1 Å². The average molecular weight is 387 g/mol. The van der Waals surface area contributed by atoms with Gasteiger partial charge >= 0.3 is 12.0 Å². The van der Waals surface area contributed by atoms with E-state index in [4.69, 9.17) is 26.8 Å². The van der Waals surface area contributed by atoms with Gasteiger partial charge in [0, 0.05) is 6.42 Å². The van der Waals surface area contributed by atoms with Crippen molar-refractivity contribution in [2.75, 3.05) is 6.54 Å². The molecule has 0 saturated heterocycles. The number of aliphatic hydroxyl groups excluding tert-OH is 1. The molecular weight excluding hydrogens is 362 g/mol. The molecule has 1 aromatic heterocycles. The first-order valence-electron chi connectivity index (χ1n) is 8.21. The highest BCUT2D eigenvalue weighted by atomic mass is 16.5. The van der Waals surface area contributed by atoms with Crippen molar-refractivity contribution >= 4 is 17.9 Å². The van der Waals surface area contributed by atoms with E-state index in [2.05, 4.69) is 20.8 Å². The molecule has 0 bridgehead atoms. The highest BCUT2D eigenvalue weighted by Crippen LogP contribution is 2.19. The summed E-state index contributed by atoms with van der Waals surface area (Å²) >= 11 is 0. The number of carboxylic acid groups (broad SMARTS) is 1. The molecule has 10 N–H and O–H groups in total. The van der Waals surface area contributed by atoms with Gasteiger partial charge in [0.1, 0.15) is 6.04 Å². The van der Waals surface area contributed by atoms with Gasteiger partial charge in [-0.2, -0.15) is 4.98 Å². The van der Waals surface area contributed by atoms with Crippen molar-refractivity contribution in [3.8, 4) is 0 Å². The van der Waals surface area contributed by atoms with Gasteiger partial charge in [0.15, 0.2) is 11.9 Å². The third-order valence-electron chi connectivity index (χ3n) is 3.58. The molecule has 13 heteroatoms. The number of nitrogens with two attached hydrogens (primary N) is 3. The molecule has 4 atom stereocenters. The molecule has 1 heterocycles. The zero-order chi connectivity index (χ0) is 20.6. The first kappa shape index (κ1) is 22.3. The molecule has 1 unspecified atom stereocenters. The lowest BCUT2D eigenvalue weighted by molar-refractivity contribution is -0.141. The lowest BCUT2D eigenvalue weighted by Gasteiger charge is -2.20.